The average Bonchev–Trinajstić information content (AvgIpc) is 2.35. The minimum Gasteiger partial charge on any atom is -0.352 e. The maximum absolute atomic E-state index is 11.9. The van der Waals surface area contributed by atoms with Crippen molar-refractivity contribution >= 4 is 11.8 Å². The predicted octanol–water partition coefficient (Wildman–Crippen LogP) is 1.61. The lowest BCUT2D eigenvalue weighted by atomic mass is 10.1. The third kappa shape index (κ3) is 4.61. The first kappa shape index (κ1) is 15.0. The number of benzene rings is 1. The van der Waals surface area contributed by atoms with Crippen molar-refractivity contribution in [3.63, 3.8) is 0 Å². The molecule has 0 saturated carbocycles. The molecule has 0 aliphatic heterocycles. The summed E-state index contributed by atoms with van der Waals surface area (Å²) in [5, 5.41) is 4.34. The number of hydrogen-bond acceptors (Lipinski definition) is 2. The van der Waals surface area contributed by atoms with Gasteiger partial charge < -0.3 is 10.6 Å². The van der Waals surface area contributed by atoms with Gasteiger partial charge in [-0.3, -0.25) is 9.59 Å². The fourth-order valence-corrected chi connectivity index (χ4v) is 1.32. The molecule has 0 aliphatic carbocycles. The first-order chi connectivity index (χ1) is 8.84. The zero-order chi connectivity index (χ0) is 14.5. The molecule has 0 spiro atoms. The highest BCUT2D eigenvalue weighted by Crippen LogP contribution is 2.14. The Balaban J connectivity index is 2.58. The maximum atomic E-state index is 11.9. The molecule has 1 aromatic rings. The Bertz CT molecular complexity index is 455. The van der Waals surface area contributed by atoms with Crippen molar-refractivity contribution in [2.75, 3.05) is 6.54 Å². The Labute approximate surface area is 108 Å². The summed E-state index contributed by atoms with van der Waals surface area (Å²) >= 11 is 0. The minimum absolute atomic E-state index is 0.242. The summed E-state index contributed by atoms with van der Waals surface area (Å²) in [7, 11) is 0. The van der Waals surface area contributed by atoms with Crippen molar-refractivity contribution in [1.82, 2.24) is 10.6 Å². The van der Waals surface area contributed by atoms with Crippen LogP contribution in [0.25, 0.3) is 0 Å². The molecule has 104 valence electrons. The van der Waals surface area contributed by atoms with Crippen LogP contribution in [-0.4, -0.2) is 24.5 Å². The molecule has 7 heteroatoms. The Morgan fingerprint density at radius 3 is 2.16 bits per heavy atom. The molecule has 0 aliphatic rings. The second kappa shape index (κ2) is 6.21. The van der Waals surface area contributed by atoms with Crippen LogP contribution < -0.4 is 10.6 Å². The fourth-order valence-electron chi connectivity index (χ4n) is 1.32. The van der Waals surface area contributed by atoms with Gasteiger partial charge in [0.15, 0.2) is 0 Å². The van der Waals surface area contributed by atoms with Gasteiger partial charge in [-0.1, -0.05) is 12.1 Å². The van der Waals surface area contributed by atoms with Crippen LogP contribution in [0.15, 0.2) is 24.3 Å². The second-order valence-electron chi connectivity index (χ2n) is 3.74. The Kier molecular flexibility index (Phi) is 4.91. The van der Waals surface area contributed by atoms with Gasteiger partial charge in [0.25, 0.3) is 5.91 Å². The van der Waals surface area contributed by atoms with E-state index in [4.69, 9.17) is 0 Å². The van der Waals surface area contributed by atoms with E-state index < -0.39 is 12.1 Å². The molecule has 0 heterocycles. The fraction of sp³-hybridized carbons (Fsp3) is 0.333. The Morgan fingerprint density at radius 1 is 1.11 bits per heavy atom. The monoisotopic (exact) mass is 274 g/mol. The molecule has 2 N–H and O–H groups in total. The van der Waals surface area contributed by atoms with Crippen LogP contribution in [0.1, 0.15) is 22.8 Å². The maximum Gasteiger partial charge on any atom is 0.471 e. The smallest absolute Gasteiger partial charge is 0.352 e. The van der Waals surface area contributed by atoms with E-state index in [2.05, 4.69) is 5.32 Å². The molecule has 0 atom stereocenters. The first-order valence-corrected chi connectivity index (χ1v) is 5.56. The van der Waals surface area contributed by atoms with Crippen molar-refractivity contribution in [1.29, 1.82) is 0 Å². The number of carbonyl (C=O) groups is 2. The molecule has 19 heavy (non-hydrogen) atoms. The predicted molar refractivity (Wildman–Crippen MR) is 62.4 cm³/mol. The van der Waals surface area contributed by atoms with Crippen LogP contribution in [0.3, 0.4) is 0 Å². The minimum atomic E-state index is -4.89. The van der Waals surface area contributed by atoms with E-state index in [0.29, 0.717) is 17.7 Å². The summed E-state index contributed by atoms with van der Waals surface area (Å²) in [5.41, 5.74) is 0.887. The molecule has 0 radical (unpaired) electrons. The molecule has 0 fully saturated rings. The summed E-state index contributed by atoms with van der Waals surface area (Å²) < 4.78 is 35.8. The third-order valence-corrected chi connectivity index (χ3v) is 2.26. The molecular weight excluding hydrogens is 261 g/mol. The normalized spacial score (nSPS) is 10.9. The van der Waals surface area contributed by atoms with Crippen molar-refractivity contribution < 1.29 is 22.8 Å². The van der Waals surface area contributed by atoms with E-state index in [9.17, 15) is 22.8 Å². The van der Waals surface area contributed by atoms with Gasteiger partial charge in [0, 0.05) is 18.7 Å². The summed E-state index contributed by atoms with van der Waals surface area (Å²) in [5.74, 6) is -2.24. The van der Waals surface area contributed by atoms with Crippen LogP contribution in [0.5, 0.6) is 0 Å². The van der Waals surface area contributed by atoms with Crippen molar-refractivity contribution in [3.8, 4) is 0 Å². The lowest BCUT2D eigenvalue weighted by molar-refractivity contribution is -0.173. The van der Waals surface area contributed by atoms with E-state index in [1.807, 2.05) is 0 Å². The molecule has 0 bridgehead atoms. The molecule has 0 unspecified atom stereocenters. The molecule has 4 nitrogen and oxygen atoms in total. The first-order valence-electron chi connectivity index (χ1n) is 5.56. The standard InChI is InChI=1S/C12H13F3N2O2/c1-2-16-10(18)9-5-3-8(4-6-9)7-17-11(19)12(13,14)15/h3-6H,2,7H2,1H3,(H,16,18)(H,17,19). The number of rotatable bonds is 4. The number of amides is 2. The van der Waals surface area contributed by atoms with Gasteiger partial charge in [-0.2, -0.15) is 13.2 Å². The molecule has 2 amide bonds. The van der Waals surface area contributed by atoms with Gasteiger partial charge in [0.05, 0.1) is 0 Å². The van der Waals surface area contributed by atoms with Crippen LogP contribution in [0.2, 0.25) is 0 Å². The number of carbonyl (C=O) groups excluding carboxylic acids is 2. The topological polar surface area (TPSA) is 58.2 Å². The number of alkyl halides is 3. The van der Waals surface area contributed by atoms with Gasteiger partial charge in [0.2, 0.25) is 0 Å². The zero-order valence-corrected chi connectivity index (χ0v) is 10.2. The van der Waals surface area contributed by atoms with Gasteiger partial charge in [-0.05, 0) is 24.6 Å². The van der Waals surface area contributed by atoms with Crippen LogP contribution in [0, 0.1) is 0 Å². The van der Waals surface area contributed by atoms with Crippen molar-refractivity contribution in [2.45, 2.75) is 19.6 Å². The van der Waals surface area contributed by atoms with E-state index >= 15 is 0 Å². The highest BCUT2D eigenvalue weighted by molar-refractivity contribution is 5.94. The Morgan fingerprint density at radius 2 is 1.68 bits per heavy atom. The number of nitrogens with one attached hydrogen (secondary N) is 2. The number of hydrogen-bond donors (Lipinski definition) is 2. The van der Waals surface area contributed by atoms with Crippen LogP contribution in [-0.2, 0) is 11.3 Å². The highest BCUT2D eigenvalue weighted by Gasteiger charge is 2.38. The van der Waals surface area contributed by atoms with E-state index in [1.165, 1.54) is 24.3 Å². The summed E-state index contributed by atoms with van der Waals surface area (Å²) in [6.07, 6.45) is -4.89. The van der Waals surface area contributed by atoms with Crippen LogP contribution in [0.4, 0.5) is 13.2 Å². The third-order valence-electron chi connectivity index (χ3n) is 2.26. The van der Waals surface area contributed by atoms with E-state index in [1.54, 1.807) is 12.2 Å². The molecule has 0 saturated heterocycles. The number of halogens is 3. The summed E-state index contributed by atoms with van der Waals surface area (Å²) in [6, 6.07) is 5.95. The highest BCUT2D eigenvalue weighted by atomic mass is 19.4. The molecule has 1 rings (SSSR count). The van der Waals surface area contributed by atoms with Gasteiger partial charge in [-0.25, -0.2) is 0 Å². The summed E-state index contributed by atoms with van der Waals surface area (Å²) in [4.78, 5) is 22.0. The lowest BCUT2D eigenvalue weighted by Gasteiger charge is -2.08. The van der Waals surface area contributed by atoms with Gasteiger partial charge in [-0.15, -0.1) is 0 Å². The lowest BCUT2D eigenvalue weighted by Crippen LogP contribution is -2.36. The van der Waals surface area contributed by atoms with E-state index in [0.717, 1.165) is 0 Å². The summed E-state index contributed by atoms with van der Waals surface area (Å²) in [6.45, 7) is 2.02. The van der Waals surface area contributed by atoms with Crippen molar-refractivity contribution in [2.24, 2.45) is 0 Å². The van der Waals surface area contributed by atoms with Gasteiger partial charge in [0.1, 0.15) is 0 Å². The molecule has 1 aromatic carbocycles. The quantitative estimate of drug-likeness (QED) is 0.876. The van der Waals surface area contributed by atoms with Crippen LogP contribution >= 0.6 is 0 Å². The largest absolute Gasteiger partial charge is 0.471 e. The SMILES string of the molecule is CCNC(=O)c1ccc(CNC(=O)C(F)(F)F)cc1. The van der Waals surface area contributed by atoms with Gasteiger partial charge >= 0.3 is 12.1 Å². The second-order valence-corrected chi connectivity index (χ2v) is 3.74. The molecular formula is C12H13F3N2O2. The van der Waals surface area contributed by atoms with E-state index in [-0.39, 0.29) is 12.5 Å². The van der Waals surface area contributed by atoms with Crippen molar-refractivity contribution in [3.05, 3.63) is 35.4 Å². The zero-order valence-electron chi connectivity index (χ0n) is 10.2. The average molecular weight is 274 g/mol. The Hall–Kier alpha value is -2.05. The molecule has 0 aromatic heterocycles.